The van der Waals surface area contributed by atoms with E-state index in [-0.39, 0.29) is 11.9 Å². The molecule has 0 radical (unpaired) electrons. The summed E-state index contributed by atoms with van der Waals surface area (Å²) in [7, 11) is 0. The Morgan fingerprint density at radius 2 is 2.35 bits per heavy atom. The van der Waals surface area contributed by atoms with E-state index in [0.717, 1.165) is 42.6 Å². The molecular formula is C17H21N3OS2. The second kappa shape index (κ2) is 6.24. The molecular weight excluding hydrogens is 326 g/mol. The van der Waals surface area contributed by atoms with Crippen molar-refractivity contribution in [1.29, 1.82) is 0 Å². The summed E-state index contributed by atoms with van der Waals surface area (Å²) in [4.78, 5) is 19.7. The van der Waals surface area contributed by atoms with Crippen molar-refractivity contribution in [3.05, 3.63) is 22.5 Å². The minimum Gasteiger partial charge on any atom is -0.354 e. The highest BCUT2D eigenvalue weighted by atomic mass is 32.1. The first-order chi connectivity index (χ1) is 11.3. The minimum absolute atomic E-state index is 0.0626. The Labute approximate surface area is 144 Å². The van der Waals surface area contributed by atoms with Crippen molar-refractivity contribution in [3.63, 3.8) is 0 Å². The van der Waals surface area contributed by atoms with Gasteiger partial charge in [-0.25, -0.2) is 4.98 Å². The molecule has 3 heterocycles. The fourth-order valence-electron chi connectivity index (χ4n) is 3.03. The third-order valence-corrected chi connectivity index (χ3v) is 6.34. The van der Waals surface area contributed by atoms with Crippen LogP contribution in [0.15, 0.2) is 16.8 Å². The lowest BCUT2D eigenvalue weighted by molar-refractivity contribution is -0.122. The Morgan fingerprint density at radius 1 is 1.48 bits per heavy atom. The highest BCUT2D eigenvalue weighted by Crippen LogP contribution is 2.43. The number of aromatic nitrogens is 1. The lowest BCUT2D eigenvalue weighted by Gasteiger charge is -2.25. The molecule has 0 aromatic carbocycles. The van der Waals surface area contributed by atoms with Gasteiger partial charge in [0.25, 0.3) is 0 Å². The van der Waals surface area contributed by atoms with E-state index >= 15 is 0 Å². The summed E-state index contributed by atoms with van der Waals surface area (Å²) in [5, 5.41) is 9.60. The van der Waals surface area contributed by atoms with Crippen molar-refractivity contribution >= 4 is 33.6 Å². The van der Waals surface area contributed by atoms with Crippen LogP contribution in [0, 0.1) is 5.92 Å². The summed E-state index contributed by atoms with van der Waals surface area (Å²) < 4.78 is 0. The summed E-state index contributed by atoms with van der Waals surface area (Å²) in [5.74, 6) is 0.920. The lowest BCUT2D eigenvalue weighted by Crippen LogP contribution is -2.46. The predicted octanol–water partition coefficient (Wildman–Crippen LogP) is 3.54. The number of carbonyl (C=O) groups excluding carboxylic acids is 1. The minimum atomic E-state index is -0.0626. The maximum Gasteiger partial charge on any atom is 0.243 e. The van der Waals surface area contributed by atoms with Gasteiger partial charge in [-0.3, -0.25) is 4.79 Å². The Bertz CT molecular complexity index is 691. The van der Waals surface area contributed by atoms with E-state index < -0.39 is 0 Å². The molecule has 0 spiro atoms. The maximum absolute atomic E-state index is 12.5. The second-order valence-electron chi connectivity index (χ2n) is 6.39. The molecule has 1 amide bonds. The van der Waals surface area contributed by atoms with E-state index in [1.165, 1.54) is 23.4 Å². The standard InChI is InChI=1S/C17H21N3OS2/c1-2-6-18-15(21)14-8-13-17(20(14)9-11-3-4-11)23-16(19-13)12-5-7-22-10-12/h5,7,10-11,14H,2-4,6,8-9H2,1H3,(H,18,21)/t14-/m1/s1. The van der Waals surface area contributed by atoms with Crippen molar-refractivity contribution in [2.45, 2.75) is 38.6 Å². The molecule has 23 heavy (non-hydrogen) atoms. The van der Waals surface area contributed by atoms with Gasteiger partial charge in [0.2, 0.25) is 5.91 Å². The molecule has 0 bridgehead atoms. The van der Waals surface area contributed by atoms with Crippen LogP contribution < -0.4 is 10.2 Å². The van der Waals surface area contributed by atoms with Crippen LogP contribution in [0.4, 0.5) is 5.00 Å². The van der Waals surface area contributed by atoms with Gasteiger partial charge >= 0.3 is 0 Å². The second-order valence-corrected chi connectivity index (χ2v) is 8.15. The highest BCUT2D eigenvalue weighted by molar-refractivity contribution is 7.19. The van der Waals surface area contributed by atoms with Gasteiger partial charge in [-0.15, -0.1) is 0 Å². The van der Waals surface area contributed by atoms with Crippen molar-refractivity contribution in [3.8, 4) is 10.6 Å². The van der Waals surface area contributed by atoms with Crippen LogP contribution in [0.1, 0.15) is 31.9 Å². The van der Waals surface area contributed by atoms with Crippen LogP contribution in [0.25, 0.3) is 10.6 Å². The number of nitrogens with zero attached hydrogens (tertiary/aromatic N) is 2. The Morgan fingerprint density at radius 3 is 3.04 bits per heavy atom. The molecule has 4 nitrogen and oxygen atoms in total. The Hall–Kier alpha value is -1.40. The SMILES string of the molecule is CCCNC(=O)[C@H]1Cc2nc(-c3ccsc3)sc2N1CC1CC1. The van der Waals surface area contributed by atoms with Gasteiger partial charge in [0.05, 0.1) is 5.69 Å². The van der Waals surface area contributed by atoms with E-state index in [4.69, 9.17) is 4.98 Å². The van der Waals surface area contributed by atoms with Crippen LogP contribution in [0.2, 0.25) is 0 Å². The third-order valence-electron chi connectivity index (χ3n) is 4.47. The molecule has 0 saturated heterocycles. The van der Waals surface area contributed by atoms with Gasteiger partial charge in [0.1, 0.15) is 16.1 Å². The topological polar surface area (TPSA) is 45.2 Å². The molecule has 1 aliphatic carbocycles. The van der Waals surface area contributed by atoms with Crippen LogP contribution in [-0.2, 0) is 11.2 Å². The number of hydrogen-bond donors (Lipinski definition) is 1. The molecule has 122 valence electrons. The zero-order valence-corrected chi connectivity index (χ0v) is 14.9. The molecule has 6 heteroatoms. The number of rotatable bonds is 6. The molecule has 1 N–H and O–H groups in total. The number of thiazole rings is 1. The molecule has 2 aromatic heterocycles. The summed E-state index contributed by atoms with van der Waals surface area (Å²) in [6, 6.07) is 2.06. The van der Waals surface area contributed by atoms with Crippen LogP contribution in [0.5, 0.6) is 0 Å². The van der Waals surface area contributed by atoms with Crippen LogP contribution in [-0.4, -0.2) is 30.0 Å². The van der Waals surface area contributed by atoms with Crippen molar-refractivity contribution in [1.82, 2.24) is 10.3 Å². The van der Waals surface area contributed by atoms with E-state index in [1.54, 1.807) is 22.7 Å². The monoisotopic (exact) mass is 347 g/mol. The number of hydrogen-bond acceptors (Lipinski definition) is 5. The molecule has 4 rings (SSSR count). The number of amides is 1. The zero-order chi connectivity index (χ0) is 15.8. The van der Waals surface area contributed by atoms with E-state index in [9.17, 15) is 4.79 Å². The normalized spacial score (nSPS) is 19.9. The van der Waals surface area contributed by atoms with Gasteiger partial charge in [0, 0.05) is 30.5 Å². The van der Waals surface area contributed by atoms with Gasteiger partial charge < -0.3 is 10.2 Å². The first-order valence-corrected chi connectivity index (χ1v) is 10.1. The van der Waals surface area contributed by atoms with Crippen LogP contribution in [0.3, 0.4) is 0 Å². The zero-order valence-electron chi connectivity index (χ0n) is 13.2. The molecule has 1 fully saturated rings. The fraction of sp³-hybridized carbons (Fsp3) is 0.529. The van der Waals surface area contributed by atoms with Gasteiger partial charge in [-0.05, 0) is 36.6 Å². The van der Waals surface area contributed by atoms with Gasteiger partial charge in [-0.2, -0.15) is 11.3 Å². The average molecular weight is 348 g/mol. The van der Waals surface area contributed by atoms with Crippen molar-refractivity contribution < 1.29 is 4.79 Å². The van der Waals surface area contributed by atoms with E-state index in [2.05, 4.69) is 34.0 Å². The highest BCUT2D eigenvalue weighted by Gasteiger charge is 2.40. The van der Waals surface area contributed by atoms with Gasteiger partial charge in [-0.1, -0.05) is 18.3 Å². The summed E-state index contributed by atoms with van der Waals surface area (Å²) in [6.45, 7) is 3.85. The smallest absolute Gasteiger partial charge is 0.243 e. The third kappa shape index (κ3) is 3.02. The first kappa shape index (κ1) is 15.1. The molecule has 2 aromatic rings. The number of carbonyl (C=O) groups is 1. The number of fused-ring (bicyclic) bond motifs is 1. The maximum atomic E-state index is 12.5. The number of thiophene rings is 1. The largest absolute Gasteiger partial charge is 0.354 e. The predicted molar refractivity (Wildman–Crippen MR) is 96.3 cm³/mol. The molecule has 2 aliphatic rings. The quantitative estimate of drug-likeness (QED) is 0.869. The Kier molecular flexibility index (Phi) is 4.11. The summed E-state index contributed by atoms with van der Waals surface area (Å²) >= 11 is 3.44. The molecule has 1 aliphatic heterocycles. The van der Waals surface area contributed by atoms with E-state index in [1.807, 2.05) is 0 Å². The summed E-state index contributed by atoms with van der Waals surface area (Å²) in [6.07, 6.45) is 4.32. The first-order valence-electron chi connectivity index (χ1n) is 8.33. The van der Waals surface area contributed by atoms with E-state index in [0.29, 0.717) is 0 Å². The molecule has 1 saturated carbocycles. The number of nitrogens with one attached hydrogen (secondary N) is 1. The molecule has 0 unspecified atom stereocenters. The van der Waals surface area contributed by atoms with Crippen LogP contribution >= 0.6 is 22.7 Å². The Balaban J connectivity index is 1.58. The van der Waals surface area contributed by atoms with Crippen molar-refractivity contribution in [2.75, 3.05) is 18.0 Å². The fourth-order valence-corrected chi connectivity index (χ4v) is 4.90. The average Bonchev–Trinajstić information content (AvgIpc) is 2.96. The number of anilines is 1. The molecule has 1 atom stereocenters. The summed E-state index contributed by atoms with van der Waals surface area (Å²) in [5.41, 5.74) is 2.31. The lowest BCUT2D eigenvalue weighted by atomic mass is 10.2. The van der Waals surface area contributed by atoms with Gasteiger partial charge in [0.15, 0.2) is 0 Å². The van der Waals surface area contributed by atoms with Crippen molar-refractivity contribution in [2.24, 2.45) is 5.92 Å².